The fourth-order valence-electron chi connectivity index (χ4n) is 2.21. The maximum atomic E-state index is 4.32. The number of rotatable bonds is 5. The van der Waals surface area contributed by atoms with Crippen molar-refractivity contribution in [2.45, 2.75) is 13.1 Å². The van der Waals surface area contributed by atoms with Gasteiger partial charge in [-0.05, 0) is 16.3 Å². The third kappa shape index (κ3) is 3.45. The van der Waals surface area contributed by atoms with Crippen molar-refractivity contribution in [1.82, 2.24) is 20.2 Å². The van der Waals surface area contributed by atoms with Gasteiger partial charge >= 0.3 is 0 Å². The number of benzene rings is 2. The molecule has 2 aromatic carbocycles. The van der Waals surface area contributed by atoms with Crippen molar-refractivity contribution in [3.63, 3.8) is 0 Å². The van der Waals surface area contributed by atoms with Gasteiger partial charge in [0.05, 0.1) is 7.05 Å². The second-order valence-corrected chi connectivity index (χ2v) is 4.91. The summed E-state index contributed by atoms with van der Waals surface area (Å²) in [6, 6.07) is 20.6. The summed E-state index contributed by atoms with van der Waals surface area (Å²) in [6.45, 7) is 1.50. The Bertz CT molecular complexity index is 637. The number of tetrazole rings is 1. The molecule has 0 aliphatic heterocycles. The van der Waals surface area contributed by atoms with Gasteiger partial charge in [-0.1, -0.05) is 65.8 Å². The summed E-state index contributed by atoms with van der Waals surface area (Å²) in [6.07, 6.45) is 0. The SMILES string of the molecule is Cn1nnc(N(Cc2ccccc2)Cc2ccccc2)n1. The summed E-state index contributed by atoms with van der Waals surface area (Å²) in [5, 5.41) is 12.4. The van der Waals surface area contributed by atoms with E-state index in [1.54, 1.807) is 7.05 Å². The van der Waals surface area contributed by atoms with Gasteiger partial charge in [0, 0.05) is 13.1 Å². The van der Waals surface area contributed by atoms with E-state index in [-0.39, 0.29) is 0 Å². The highest BCUT2D eigenvalue weighted by Gasteiger charge is 2.13. The molecule has 0 aliphatic carbocycles. The normalized spacial score (nSPS) is 10.5. The maximum absolute atomic E-state index is 4.32. The Balaban J connectivity index is 1.84. The number of hydrogen-bond donors (Lipinski definition) is 0. The minimum atomic E-state index is 0.644. The third-order valence-electron chi connectivity index (χ3n) is 3.21. The number of aryl methyl sites for hydroxylation is 1. The van der Waals surface area contributed by atoms with Crippen LogP contribution in [0.2, 0.25) is 0 Å². The van der Waals surface area contributed by atoms with Crippen LogP contribution >= 0.6 is 0 Å². The highest BCUT2D eigenvalue weighted by molar-refractivity contribution is 5.32. The first-order valence-corrected chi connectivity index (χ1v) is 6.88. The molecule has 5 heteroatoms. The molecule has 0 radical (unpaired) electrons. The first-order valence-electron chi connectivity index (χ1n) is 6.88. The van der Waals surface area contributed by atoms with Gasteiger partial charge in [0.2, 0.25) is 0 Å². The van der Waals surface area contributed by atoms with Gasteiger partial charge in [0.15, 0.2) is 0 Å². The molecule has 3 rings (SSSR count). The molecule has 3 aromatic rings. The van der Waals surface area contributed by atoms with Crippen LogP contribution in [0.5, 0.6) is 0 Å². The smallest absolute Gasteiger partial charge is 0.266 e. The van der Waals surface area contributed by atoms with Gasteiger partial charge in [-0.25, -0.2) is 0 Å². The molecular weight excluding hydrogens is 262 g/mol. The molecule has 0 N–H and O–H groups in total. The van der Waals surface area contributed by atoms with Crippen LogP contribution in [-0.2, 0) is 20.1 Å². The summed E-state index contributed by atoms with van der Waals surface area (Å²) < 4.78 is 0. The lowest BCUT2D eigenvalue weighted by Crippen LogP contribution is -2.23. The lowest BCUT2D eigenvalue weighted by Gasteiger charge is -2.20. The Kier molecular flexibility index (Phi) is 3.91. The average molecular weight is 279 g/mol. The minimum Gasteiger partial charge on any atom is -0.330 e. The van der Waals surface area contributed by atoms with Crippen LogP contribution in [0.15, 0.2) is 60.7 Å². The summed E-state index contributed by atoms with van der Waals surface area (Å²) in [5.74, 6) is 0.644. The quantitative estimate of drug-likeness (QED) is 0.719. The number of aromatic nitrogens is 4. The zero-order valence-corrected chi connectivity index (χ0v) is 11.9. The van der Waals surface area contributed by atoms with Gasteiger partial charge in [-0.2, -0.15) is 4.80 Å². The Labute approximate surface area is 123 Å². The van der Waals surface area contributed by atoms with Gasteiger partial charge in [-0.3, -0.25) is 0 Å². The molecule has 0 amide bonds. The Morgan fingerprint density at radius 3 is 1.81 bits per heavy atom. The lowest BCUT2D eigenvalue weighted by molar-refractivity contribution is 0.628. The summed E-state index contributed by atoms with van der Waals surface area (Å²) >= 11 is 0. The molecule has 0 saturated carbocycles. The summed E-state index contributed by atoms with van der Waals surface area (Å²) in [4.78, 5) is 3.61. The zero-order valence-electron chi connectivity index (χ0n) is 11.9. The summed E-state index contributed by atoms with van der Waals surface area (Å²) in [5.41, 5.74) is 2.45. The summed E-state index contributed by atoms with van der Waals surface area (Å²) in [7, 11) is 1.78. The van der Waals surface area contributed by atoms with Gasteiger partial charge in [-0.15, -0.1) is 5.10 Å². The maximum Gasteiger partial charge on any atom is 0.266 e. The van der Waals surface area contributed by atoms with Crippen LogP contribution in [0.1, 0.15) is 11.1 Å². The van der Waals surface area contributed by atoms with E-state index in [1.165, 1.54) is 15.9 Å². The predicted octanol–water partition coefficient (Wildman–Crippen LogP) is 2.42. The second kappa shape index (κ2) is 6.17. The van der Waals surface area contributed by atoms with E-state index in [0.29, 0.717) is 5.95 Å². The first-order chi connectivity index (χ1) is 10.3. The molecule has 106 valence electrons. The first kappa shape index (κ1) is 13.3. The Morgan fingerprint density at radius 2 is 1.38 bits per heavy atom. The van der Waals surface area contributed by atoms with Gasteiger partial charge in [0.1, 0.15) is 0 Å². The van der Waals surface area contributed by atoms with Crippen LogP contribution < -0.4 is 4.90 Å². The molecule has 0 fully saturated rings. The topological polar surface area (TPSA) is 46.8 Å². The molecular formula is C16H17N5. The minimum absolute atomic E-state index is 0.644. The standard InChI is InChI=1S/C16H17N5/c1-20-18-16(17-19-20)21(12-14-8-4-2-5-9-14)13-15-10-6-3-7-11-15/h2-11H,12-13H2,1H3. The van der Waals surface area contributed by atoms with Crippen molar-refractivity contribution >= 4 is 5.95 Å². The van der Waals surface area contributed by atoms with Crippen molar-refractivity contribution in [1.29, 1.82) is 0 Å². The Hall–Kier alpha value is -2.69. The number of hydrogen-bond acceptors (Lipinski definition) is 4. The molecule has 0 unspecified atom stereocenters. The lowest BCUT2D eigenvalue weighted by atomic mass is 10.2. The van der Waals surface area contributed by atoms with Crippen LogP contribution in [-0.4, -0.2) is 20.2 Å². The highest BCUT2D eigenvalue weighted by Crippen LogP contribution is 2.15. The zero-order chi connectivity index (χ0) is 14.5. The van der Waals surface area contributed by atoms with E-state index in [0.717, 1.165) is 13.1 Å². The van der Waals surface area contributed by atoms with Crippen LogP contribution in [0.4, 0.5) is 5.95 Å². The fraction of sp³-hybridized carbons (Fsp3) is 0.188. The third-order valence-corrected chi connectivity index (χ3v) is 3.21. The molecule has 0 spiro atoms. The largest absolute Gasteiger partial charge is 0.330 e. The second-order valence-electron chi connectivity index (χ2n) is 4.91. The van der Waals surface area contributed by atoms with Crippen LogP contribution in [0.3, 0.4) is 0 Å². The monoisotopic (exact) mass is 279 g/mol. The van der Waals surface area contributed by atoms with E-state index < -0.39 is 0 Å². The molecule has 0 atom stereocenters. The molecule has 5 nitrogen and oxygen atoms in total. The molecule has 0 aliphatic rings. The van der Waals surface area contributed by atoms with E-state index >= 15 is 0 Å². The molecule has 1 heterocycles. The predicted molar refractivity (Wildman–Crippen MR) is 81.6 cm³/mol. The van der Waals surface area contributed by atoms with Gasteiger partial charge in [0.25, 0.3) is 5.95 Å². The number of anilines is 1. The van der Waals surface area contributed by atoms with Crippen molar-refractivity contribution < 1.29 is 0 Å². The average Bonchev–Trinajstić information content (AvgIpc) is 2.95. The molecule has 21 heavy (non-hydrogen) atoms. The molecule has 0 bridgehead atoms. The van der Waals surface area contributed by atoms with Crippen molar-refractivity contribution in [3.8, 4) is 0 Å². The number of nitrogens with zero attached hydrogens (tertiary/aromatic N) is 5. The van der Waals surface area contributed by atoms with Crippen LogP contribution in [0, 0.1) is 0 Å². The van der Waals surface area contributed by atoms with Crippen molar-refractivity contribution in [2.75, 3.05) is 4.90 Å². The van der Waals surface area contributed by atoms with Crippen LogP contribution in [0.25, 0.3) is 0 Å². The highest BCUT2D eigenvalue weighted by atomic mass is 15.6. The van der Waals surface area contributed by atoms with E-state index in [4.69, 9.17) is 0 Å². The molecule has 0 saturated heterocycles. The van der Waals surface area contributed by atoms with Gasteiger partial charge < -0.3 is 4.90 Å². The van der Waals surface area contributed by atoms with Crippen molar-refractivity contribution in [2.24, 2.45) is 7.05 Å². The Morgan fingerprint density at radius 1 is 0.857 bits per heavy atom. The fourth-order valence-corrected chi connectivity index (χ4v) is 2.21. The van der Waals surface area contributed by atoms with E-state index in [9.17, 15) is 0 Å². The van der Waals surface area contributed by atoms with E-state index in [2.05, 4.69) is 44.6 Å². The van der Waals surface area contributed by atoms with Crippen molar-refractivity contribution in [3.05, 3.63) is 71.8 Å². The molecule has 1 aromatic heterocycles. The van der Waals surface area contributed by atoms with E-state index in [1.807, 2.05) is 36.4 Å².